The summed E-state index contributed by atoms with van der Waals surface area (Å²) in [5.41, 5.74) is 8.55. The molecule has 0 unspecified atom stereocenters. The maximum atomic E-state index is 13.8. The van der Waals surface area contributed by atoms with Crippen molar-refractivity contribution in [2.45, 2.75) is 39.3 Å². The SMILES string of the molecule is CC(C)c1ccc(COc2ccc([C@H](C)N)c(F)c2)cc1. The van der Waals surface area contributed by atoms with Crippen LogP contribution in [0, 0.1) is 5.82 Å². The van der Waals surface area contributed by atoms with E-state index in [1.807, 2.05) is 12.1 Å². The number of nitrogens with two attached hydrogens (primary N) is 1. The molecule has 1 atom stereocenters. The highest BCUT2D eigenvalue weighted by Gasteiger charge is 2.08. The summed E-state index contributed by atoms with van der Waals surface area (Å²) in [4.78, 5) is 0. The molecule has 2 N–H and O–H groups in total. The standard InChI is InChI=1S/C18H22FNO/c1-12(2)15-6-4-14(5-7-15)11-21-16-8-9-17(13(3)20)18(19)10-16/h4-10,12-13H,11,20H2,1-3H3/t13-/m0/s1. The fraction of sp³-hybridized carbons (Fsp3) is 0.333. The lowest BCUT2D eigenvalue weighted by molar-refractivity contribution is 0.304. The van der Waals surface area contributed by atoms with Gasteiger partial charge in [0.05, 0.1) is 0 Å². The van der Waals surface area contributed by atoms with Crippen LogP contribution in [0.3, 0.4) is 0 Å². The first-order chi connectivity index (χ1) is 9.97. The van der Waals surface area contributed by atoms with Crippen molar-refractivity contribution in [3.8, 4) is 5.75 Å². The number of hydrogen-bond acceptors (Lipinski definition) is 2. The molecule has 112 valence electrons. The summed E-state index contributed by atoms with van der Waals surface area (Å²) in [6.45, 7) is 6.51. The molecule has 0 bridgehead atoms. The number of benzene rings is 2. The van der Waals surface area contributed by atoms with Crippen molar-refractivity contribution in [2.75, 3.05) is 0 Å². The largest absolute Gasteiger partial charge is 0.489 e. The average Bonchev–Trinajstić information content (AvgIpc) is 2.45. The summed E-state index contributed by atoms with van der Waals surface area (Å²) in [7, 11) is 0. The molecule has 2 rings (SSSR count). The van der Waals surface area contributed by atoms with Crippen LogP contribution in [-0.4, -0.2) is 0 Å². The van der Waals surface area contributed by atoms with Crippen molar-refractivity contribution in [3.05, 3.63) is 65.0 Å². The maximum absolute atomic E-state index is 13.8. The van der Waals surface area contributed by atoms with E-state index in [4.69, 9.17) is 10.5 Å². The Kier molecular flexibility index (Phi) is 4.97. The zero-order valence-electron chi connectivity index (χ0n) is 12.8. The molecule has 0 fully saturated rings. The van der Waals surface area contributed by atoms with Crippen molar-refractivity contribution in [1.82, 2.24) is 0 Å². The second-order valence-electron chi connectivity index (χ2n) is 5.66. The highest BCUT2D eigenvalue weighted by atomic mass is 19.1. The fourth-order valence-corrected chi connectivity index (χ4v) is 2.13. The van der Waals surface area contributed by atoms with Crippen LogP contribution in [0.5, 0.6) is 5.75 Å². The summed E-state index contributed by atoms with van der Waals surface area (Å²) in [5.74, 6) is 0.711. The van der Waals surface area contributed by atoms with Gasteiger partial charge in [0.25, 0.3) is 0 Å². The van der Waals surface area contributed by atoms with Gasteiger partial charge in [-0.15, -0.1) is 0 Å². The lowest BCUT2D eigenvalue weighted by atomic mass is 10.0. The summed E-state index contributed by atoms with van der Waals surface area (Å²) in [5, 5.41) is 0. The number of ether oxygens (including phenoxy) is 1. The molecule has 3 heteroatoms. The molecule has 0 saturated heterocycles. The first kappa shape index (κ1) is 15.5. The Hall–Kier alpha value is -1.87. The molecule has 0 amide bonds. The molecule has 0 radical (unpaired) electrons. The van der Waals surface area contributed by atoms with Crippen molar-refractivity contribution >= 4 is 0 Å². The Labute approximate surface area is 125 Å². The minimum atomic E-state index is -0.322. The minimum Gasteiger partial charge on any atom is -0.489 e. The van der Waals surface area contributed by atoms with Gasteiger partial charge < -0.3 is 10.5 Å². The van der Waals surface area contributed by atoms with Crippen LogP contribution in [0.4, 0.5) is 4.39 Å². The molecule has 2 aromatic rings. The molecule has 0 saturated carbocycles. The average molecular weight is 287 g/mol. The normalized spacial score (nSPS) is 12.5. The van der Waals surface area contributed by atoms with Crippen LogP contribution in [0.1, 0.15) is 49.4 Å². The van der Waals surface area contributed by atoms with Crippen LogP contribution >= 0.6 is 0 Å². The smallest absolute Gasteiger partial charge is 0.131 e. The van der Waals surface area contributed by atoms with Crippen molar-refractivity contribution < 1.29 is 9.13 Å². The molecular formula is C18H22FNO. The van der Waals surface area contributed by atoms with Gasteiger partial charge in [0.1, 0.15) is 18.2 Å². The molecule has 21 heavy (non-hydrogen) atoms. The van der Waals surface area contributed by atoms with E-state index in [9.17, 15) is 4.39 Å². The van der Waals surface area contributed by atoms with Crippen molar-refractivity contribution in [3.63, 3.8) is 0 Å². The zero-order chi connectivity index (χ0) is 15.4. The fourth-order valence-electron chi connectivity index (χ4n) is 2.13. The molecule has 2 nitrogen and oxygen atoms in total. The molecular weight excluding hydrogens is 265 g/mol. The van der Waals surface area contributed by atoms with Gasteiger partial charge in [0.15, 0.2) is 0 Å². The zero-order valence-corrected chi connectivity index (χ0v) is 12.8. The Bertz CT molecular complexity index is 591. The van der Waals surface area contributed by atoms with Crippen LogP contribution in [0.2, 0.25) is 0 Å². The van der Waals surface area contributed by atoms with E-state index in [-0.39, 0.29) is 11.9 Å². The molecule has 0 heterocycles. The van der Waals surface area contributed by atoms with Gasteiger partial charge in [-0.3, -0.25) is 0 Å². The van der Waals surface area contributed by atoms with Gasteiger partial charge in [-0.25, -0.2) is 4.39 Å². The maximum Gasteiger partial charge on any atom is 0.131 e. The number of rotatable bonds is 5. The number of halogens is 1. The van der Waals surface area contributed by atoms with Gasteiger partial charge in [-0.1, -0.05) is 44.2 Å². The van der Waals surface area contributed by atoms with Crippen LogP contribution < -0.4 is 10.5 Å². The lowest BCUT2D eigenvalue weighted by Crippen LogP contribution is -2.07. The minimum absolute atomic E-state index is 0.317. The first-order valence-corrected chi connectivity index (χ1v) is 7.24. The van der Waals surface area contributed by atoms with Gasteiger partial charge >= 0.3 is 0 Å². The molecule has 0 aromatic heterocycles. The van der Waals surface area contributed by atoms with Gasteiger partial charge in [0.2, 0.25) is 0 Å². The monoisotopic (exact) mass is 287 g/mol. The third-order valence-corrected chi connectivity index (χ3v) is 3.51. The van der Waals surface area contributed by atoms with Crippen LogP contribution in [0.15, 0.2) is 42.5 Å². The quantitative estimate of drug-likeness (QED) is 0.875. The van der Waals surface area contributed by atoms with Crippen molar-refractivity contribution in [2.24, 2.45) is 5.73 Å². The number of hydrogen-bond donors (Lipinski definition) is 1. The van der Waals surface area contributed by atoms with E-state index in [0.717, 1.165) is 5.56 Å². The third kappa shape index (κ3) is 4.05. The van der Waals surface area contributed by atoms with E-state index >= 15 is 0 Å². The summed E-state index contributed by atoms with van der Waals surface area (Å²) >= 11 is 0. The molecule has 0 spiro atoms. The van der Waals surface area contributed by atoms with Crippen molar-refractivity contribution in [1.29, 1.82) is 0 Å². The van der Waals surface area contributed by atoms with Gasteiger partial charge in [-0.05, 0) is 30.0 Å². The van der Waals surface area contributed by atoms with Gasteiger partial charge in [0, 0.05) is 17.7 Å². The van der Waals surface area contributed by atoms with E-state index in [0.29, 0.717) is 23.8 Å². The van der Waals surface area contributed by atoms with E-state index in [1.165, 1.54) is 11.6 Å². The van der Waals surface area contributed by atoms with Gasteiger partial charge in [-0.2, -0.15) is 0 Å². The molecule has 0 aliphatic rings. The summed E-state index contributed by atoms with van der Waals surface area (Å²) in [6, 6.07) is 12.8. The van der Waals surface area contributed by atoms with E-state index in [1.54, 1.807) is 19.1 Å². The second kappa shape index (κ2) is 6.72. The summed E-state index contributed by atoms with van der Waals surface area (Å²) in [6.07, 6.45) is 0. The predicted octanol–water partition coefficient (Wildman–Crippen LogP) is 4.55. The predicted molar refractivity (Wildman–Crippen MR) is 83.9 cm³/mol. The molecule has 0 aliphatic heterocycles. The third-order valence-electron chi connectivity index (χ3n) is 3.51. The first-order valence-electron chi connectivity index (χ1n) is 7.24. The van der Waals surface area contributed by atoms with E-state index in [2.05, 4.69) is 26.0 Å². The van der Waals surface area contributed by atoms with Crippen LogP contribution in [0.25, 0.3) is 0 Å². The Morgan fingerprint density at radius 1 is 1.05 bits per heavy atom. The highest BCUT2D eigenvalue weighted by molar-refractivity contribution is 5.31. The molecule has 2 aromatic carbocycles. The summed E-state index contributed by atoms with van der Waals surface area (Å²) < 4.78 is 19.4. The topological polar surface area (TPSA) is 35.2 Å². The Morgan fingerprint density at radius 3 is 2.24 bits per heavy atom. The highest BCUT2D eigenvalue weighted by Crippen LogP contribution is 2.22. The lowest BCUT2D eigenvalue weighted by Gasteiger charge is -2.11. The van der Waals surface area contributed by atoms with Crippen LogP contribution in [-0.2, 0) is 6.61 Å². The molecule has 0 aliphatic carbocycles. The van der Waals surface area contributed by atoms with E-state index < -0.39 is 0 Å². The Balaban J connectivity index is 2.01. The second-order valence-corrected chi connectivity index (χ2v) is 5.66. The Morgan fingerprint density at radius 2 is 1.71 bits per heavy atom.